The fraction of sp³-hybridized carbons (Fsp3) is 0.364. The highest BCUT2D eigenvalue weighted by atomic mass is 35.5. The van der Waals surface area contributed by atoms with Crippen LogP contribution in [0.1, 0.15) is 0 Å². The quantitative estimate of drug-likeness (QED) is 0.347. The molecule has 0 amide bonds. The number of fused-ring (bicyclic) bond motifs is 1. The number of hydrogen-bond acceptors (Lipinski definition) is 1. The van der Waals surface area contributed by atoms with E-state index < -0.39 is 0 Å². The van der Waals surface area contributed by atoms with Gasteiger partial charge in [-0.2, -0.15) is 0 Å². The molecule has 0 aliphatic rings. The van der Waals surface area contributed by atoms with Crippen LogP contribution in [0, 0.1) is 0 Å². The van der Waals surface area contributed by atoms with Crippen molar-refractivity contribution < 1.29 is 34.6 Å². The zero-order chi connectivity index (χ0) is 19.4. The van der Waals surface area contributed by atoms with E-state index in [2.05, 4.69) is 86.5 Å². The summed E-state index contributed by atoms with van der Waals surface area (Å²) in [7, 11) is 8.83. The maximum absolute atomic E-state index is 6.34. The number of likely N-dealkylation sites (N-methyl/N-ethyl adjacent to an activating group) is 2. The van der Waals surface area contributed by atoms with Gasteiger partial charge in [0.05, 0.1) is 59.9 Å². The average molecular weight is 458 g/mol. The largest absolute Gasteiger partial charge is 1.00 e. The van der Waals surface area contributed by atoms with Crippen molar-refractivity contribution in [2.24, 2.45) is 0 Å². The molecule has 2 aromatic carbocycles. The Kier molecular flexibility index (Phi) is 10.3. The minimum Gasteiger partial charge on any atom is -1.00 e. The average Bonchev–Trinajstić information content (AvgIpc) is 3.00. The SMILES string of the molecule is C[NH+](C)CCN(CC[NH+](C)C)n1cc(-c2ccccc2)c2cc(Cl)ccc21.[Cl-].[Cl-]. The molecular formula is C22H31Cl3N4. The molecule has 0 atom stereocenters. The Hall–Kier alpha value is -1.43. The van der Waals surface area contributed by atoms with E-state index in [1.54, 1.807) is 0 Å². The number of benzene rings is 2. The standard InChI is InChI=1S/C22H29ClN4.2ClH/c1-24(2)12-14-26(15-13-25(3)4)27-17-21(18-8-6-5-7-9-18)20-16-19(23)10-11-22(20)27;;/h5-11,16-17H,12-15H2,1-4H3;2*1H. The Morgan fingerprint density at radius 1 is 0.862 bits per heavy atom. The van der Waals surface area contributed by atoms with Crippen LogP contribution in [0.2, 0.25) is 5.02 Å². The van der Waals surface area contributed by atoms with Crippen LogP contribution in [0.4, 0.5) is 0 Å². The monoisotopic (exact) mass is 456 g/mol. The Morgan fingerprint density at radius 2 is 1.45 bits per heavy atom. The van der Waals surface area contributed by atoms with Crippen molar-refractivity contribution in [1.29, 1.82) is 0 Å². The highest BCUT2D eigenvalue weighted by Gasteiger charge is 2.16. The second-order valence-corrected chi connectivity index (χ2v) is 8.22. The van der Waals surface area contributed by atoms with E-state index in [-0.39, 0.29) is 24.8 Å². The second kappa shape index (κ2) is 11.7. The van der Waals surface area contributed by atoms with Gasteiger partial charge in [-0.05, 0) is 23.8 Å². The maximum atomic E-state index is 6.34. The van der Waals surface area contributed by atoms with E-state index in [9.17, 15) is 0 Å². The van der Waals surface area contributed by atoms with Crippen LogP contribution < -0.4 is 39.6 Å². The first kappa shape index (κ1) is 25.6. The van der Waals surface area contributed by atoms with Gasteiger partial charge in [-0.15, -0.1) is 0 Å². The van der Waals surface area contributed by atoms with E-state index in [0.29, 0.717) is 0 Å². The van der Waals surface area contributed by atoms with Gasteiger partial charge in [0.25, 0.3) is 0 Å². The predicted octanol–water partition coefficient (Wildman–Crippen LogP) is -4.80. The third-order valence-electron chi connectivity index (χ3n) is 4.88. The first-order valence-corrected chi connectivity index (χ1v) is 10.0. The molecule has 160 valence electrons. The van der Waals surface area contributed by atoms with E-state index >= 15 is 0 Å². The molecule has 7 heteroatoms. The van der Waals surface area contributed by atoms with Crippen LogP contribution in [0.25, 0.3) is 22.0 Å². The normalized spacial score (nSPS) is 10.9. The summed E-state index contributed by atoms with van der Waals surface area (Å²) in [6.07, 6.45) is 2.27. The molecule has 0 saturated heterocycles. The molecule has 2 N–H and O–H groups in total. The molecule has 4 nitrogen and oxygen atoms in total. The Labute approximate surface area is 191 Å². The van der Waals surface area contributed by atoms with Gasteiger partial charge in [0.15, 0.2) is 0 Å². The third kappa shape index (κ3) is 6.53. The lowest BCUT2D eigenvalue weighted by atomic mass is 10.1. The van der Waals surface area contributed by atoms with Crippen molar-refractivity contribution >= 4 is 22.5 Å². The molecule has 0 aliphatic heterocycles. The van der Waals surface area contributed by atoms with Gasteiger partial charge in [-0.25, -0.2) is 0 Å². The minimum absolute atomic E-state index is 0. The fourth-order valence-electron chi connectivity index (χ4n) is 3.30. The lowest BCUT2D eigenvalue weighted by molar-refractivity contribution is -0.858. The highest BCUT2D eigenvalue weighted by molar-refractivity contribution is 6.31. The molecule has 0 bridgehead atoms. The van der Waals surface area contributed by atoms with Crippen LogP contribution in [0.5, 0.6) is 0 Å². The topological polar surface area (TPSA) is 17.1 Å². The van der Waals surface area contributed by atoms with Crippen molar-refractivity contribution in [3.05, 3.63) is 59.8 Å². The zero-order valence-electron chi connectivity index (χ0n) is 17.6. The van der Waals surface area contributed by atoms with Crippen LogP contribution in [-0.2, 0) is 0 Å². The van der Waals surface area contributed by atoms with Crippen LogP contribution >= 0.6 is 11.6 Å². The molecule has 0 saturated carbocycles. The van der Waals surface area contributed by atoms with Gasteiger partial charge in [0.1, 0.15) is 0 Å². The van der Waals surface area contributed by atoms with Crippen molar-refractivity contribution in [2.75, 3.05) is 59.4 Å². The number of nitrogens with one attached hydrogen (secondary N) is 2. The van der Waals surface area contributed by atoms with Gasteiger partial charge < -0.3 is 39.6 Å². The van der Waals surface area contributed by atoms with E-state index in [1.807, 2.05) is 6.07 Å². The zero-order valence-corrected chi connectivity index (χ0v) is 19.8. The smallest absolute Gasteiger partial charge is 0.0961 e. The number of quaternary nitrogens is 2. The van der Waals surface area contributed by atoms with Gasteiger partial charge in [-0.1, -0.05) is 41.9 Å². The molecule has 0 unspecified atom stereocenters. The van der Waals surface area contributed by atoms with Crippen LogP contribution in [0.3, 0.4) is 0 Å². The Balaban J connectivity index is 0.00000210. The first-order chi connectivity index (χ1) is 13.0. The number of nitrogens with zero attached hydrogens (tertiary/aromatic N) is 2. The van der Waals surface area contributed by atoms with Crippen LogP contribution in [0.15, 0.2) is 54.7 Å². The van der Waals surface area contributed by atoms with Gasteiger partial charge >= 0.3 is 0 Å². The summed E-state index contributed by atoms with van der Waals surface area (Å²) in [5.41, 5.74) is 3.66. The fourth-order valence-corrected chi connectivity index (χ4v) is 3.47. The third-order valence-corrected chi connectivity index (χ3v) is 5.11. The van der Waals surface area contributed by atoms with Crippen molar-refractivity contribution in [2.45, 2.75) is 0 Å². The Morgan fingerprint density at radius 3 is 2.00 bits per heavy atom. The molecule has 0 radical (unpaired) electrons. The molecule has 0 aliphatic carbocycles. The summed E-state index contributed by atoms with van der Waals surface area (Å²) in [5, 5.41) is 4.44. The maximum Gasteiger partial charge on any atom is 0.0961 e. The molecule has 0 spiro atoms. The summed E-state index contributed by atoms with van der Waals surface area (Å²) in [6, 6.07) is 16.8. The van der Waals surface area contributed by atoms with Gasteiger partial charge in [-0.3, -0.25) is 4.68 Å². The number of hydrogen-bond donors (Lipinski definition) is 2. The van der Waals surface area contributed by atoms with Crippen LogP contribution in [-0.4, -0.2) is 59.0 Å². The summed E-state index contributed by atoms with van der Waals surface area (Å²) >= 11 is 6.34. The number of rotatable bonds is 8. The van der Waals surface area contributed by atoms with E-state index in [4.69, 9.17) is 11.6 Å². The van der Waals surface area contributed by atoms with Crippen molar-refractivity contribution in [3.63, 3.8) is 0 Å². The van der Waals surface area contributed by atoms with Crippen molar-refractivity contribution in [3.8, 4) is 11.1 Å². The minimum atomic E-state index is 0. The van der Waals surface area contributed by atoms with Gasteiger partial charge in [0.2, 0.25) is 0 Å². The van der Waals surface area contributed by atoms with Gasteiger partial charge in [0, 0.05) is 22.2 Å². The summed E-state index contributed by atoms with van der Waals surface area (Å²) in [6.45, 7) is 4.21. The van der Waals surface area contributed by atoms with E-state index in [0.717, 1.165) is 31.2 Å². The van der Waals surface area contributed by atoms with E-state index in [1.165, 1.54) is 31.8 Å². The Bertz CT molecular complexity index is 866. The number of aromatic nitrogens is 1. The molecule has 1 heterocycles. The molecule has 1 aromatic heterocycles. The lowest BCUT2D eigenvalue weighted by Crippen LogP contribution is -3.07. The molecule has 29 heavy (non-hydrogen) atoms. The summed E-state index contributed by atoms with van der Waals surface area (Å²) < 4.78 is 2.33. The molecule has 0 fully saturated rings. The predicted molar refractivity (Wildman–Crippen MR) is 116 cm³/mol. The molecular weight excluding hydrogens is 427 g/mol. The summed E-state index contributed by atoms with van der Waals surface area (Å²) in [5.74, 6) is 0. The second-order valence-electron chi connectivity index (χ2n) is 7.78. The summed E-state index contributed by atoms with van der Waals surface area (Å²) in [4.78, 5) is 2.92. The number of halogens is 3. The first-order valence-electron chi connectivity index (χ1n) is 9.65. The lowest BCUT2D eigenvalue weighted by Gasteiger charge is -2.27. The highest BCUT2D eigenvalue weighted by Crippen LogP contribution is 2.32. The molecule has 3 rings (SSSR count). The van der Waals surface area contributed by atoms with Crippen molar-refractivity contribution in [1.82, 2.24) is 4.68 Å². The molecule has 3 aromatic rings.